The van der Waals surface area contributed by atoms with Crippen LogP contribution in [0, 0.1) is 5.92 Å². The van der Waals surface area contributed by atoms with Crippen molar-refractivity contribution in [1.29, 1.82) is 0 Å². The minimum Gasteiger partial charge on any atom is -0.416 e. The number of carbonyl (C=O) groups is 1. The molecule has 0 aliphatic heterocycles. The summed E-state index contributed by atoms with van der Waals surface area (Å²) in [6.07, 6.45) is 2.28. The molecule has 0 radical (unpaired) electrons. The highest BCUT2D eigenvalue weighted by Crippen LogP contribution is 2.39. The number of nitrogens with zero attached hydrogens (tertiary/aromatic N) is 2. The lowest BCUT2D eigenvalue weighted by atomic mass is 10.1. The highest BCUT2D eigenvalue weighted by Gasteiger charge is 2.29. The second-order valence-corrected chi connectivity index (χ2v) is 6.00. The monoisotopic (exact) mass is 269 g/mol. The van der Waals surface area contributed by atoms with Crippen LogP contribution in [0.3, 0.4) is 0 Å². The number of carbonyl (C=O) groups excluding carboxylic acids is 1. The fourth-order valence-electron chi connectivity index (χ4n) is 1.36. The summed E-state index contributed by atoms with van der Waals surface area (Å²) in [6.45, 7) is 6.17. The predicted octanol–water partition coefficient (Wildman–Crippen LogP) is 2.20. The lowest BCUT2D eigenvalue weighted by molar-refractivity contribution is -0.119. The first kappa shape index (κ1) is 13.4. The summed E-state index contributed by atoms with van der Waals surface area (Å²) in [7, 11) is 0. The summed E-state index contributed by atoms with van der Waals surface area (Å²) in [6, 6.07) is 0.183. The minimum atomic E-state index is 0.00683. The molecule has 5 nitrogen and oxygen atoms in total. The quantitative estimate of drug-likeness (QED) is 0.802. The van der Waals surface area contributed by atoms with Gasteiger partial charge in [0, 0.05) is 12.0 Å². The molecule has 18 heavy (non-hydrogen) atoms. The van der Waals surface area contributed by atoms with E-state index in [0.29, 0.717) is 28.7 Å². The Balaban J connectivity index is 1.74. The van der Waals surface area contributed by atoms with Crippen molar-refractivity contribution in [2.45, 2.75) is 50.8 Å². The van der Waals surface area contributed by atoms with Gasteiger partial charge in [-0.1, -0.05) is 25.6 Å². The van der Waals surface area contributed by atoms with Gasteiger partial charge in [-0.25, -0.2) is 0 Å². The van der Waals surface area contributed by atoms with E-state index in [9.17, 15) is 4.79 Å². The van der Waals surface area contributed by atoms with E-state index in [-0.39, 0.29) is 11.9 Å². The summed E-state index contributed by atoms with van der Waals surface area (Å²) < 4.78 is 5.47. The Hall–Kier alpha value is -1.04. The number of amides is 1. The molecule has 1 heterocycles. The van der Waals surface area contributed by atoms with Gasteiger partial charge in [-0.3, -0.25) is 4.79 Å². The maximum absolute atomic E-state index is 11.7. The topological polar surface area (TPSA) is 68.0 Å². The highest BCUT2D eigenvalue weighted by molar-refractivity contribution is 7.99. The smallest absolute Gasteiger partial charge is 0.277 e. The molecule has 2 rings (SSSR count). The van der Waals surface area contributed by atoms with E-state index in [1.54, 1.807) is 0 Å². The largest absolute Gasteiger partial charge is 0.416 e. The summed E-state index contributed by atoms with van der Waals surface area (Å²) >= 11 is 1.30. The van der Waals surface area contributed by atoms with Crippen LogP contribution < -0.4 is 5.32 Å². The average molecular weight is 269 g/mol. The van der Waals surface area contributed by atoms with Crippen molar-refractivity contribution >= 4 is 17.7 Å². The van der Waals surface area contributed by atoms with Crippen molar-refractivity contribution in [1.82, 2.24) is 15.5 Å². The van der Waals surface area contributed by atoms with Gasteiger partial charge < -0.3 is 9.73 Å². The van der Waals surface area contributed by atoms with E-state index in [4.69, 9.17) is 4.42 Å². The van der Waals surface area contributed by atoms with Crippen molar-refractivity contribution in [3.05, 3.63) is 5.89 Å². The molecule has 0 aromatic carbocycles. The van der Waals surface area contributed by atoms with Gasteiger partial charge >= 0.3 is 0 Å². The molecule has 1 saturated carbocycles. The van der Waals surface area contributed by atoms with E-state index >= 15 is 0 Å². The van der Waals surface area contributed by atoms with Crippen LogP contribution in [0.1, 0.15) is 45.4 Å². The predicted molar refractivity (Wildman–Crippen MR) is 69.4 cm³/mol. The zero-order chi connectivity index (χ0) is 13.1. The van der Waals surface area contributed by atoms with Gasteiger partial charge in [-0.05, 0) is 25.7 Å². The second kappa shape index (κ2) is 5.73. The first-order valence-corrected chi connectivity index (χ1v) is 7.30. The van der Waals surface area contributed by atoms with Gasteiger partial charge in [0.1, 0.15) is 0 Å². The number of rotatable bonds is 6. The number of nitrogens with one attached hydrogen (secondary N) is 1. The van der Waals surface area contributed by atoms with E-state index in [1.807, 2.05) is 6.92 Å². The Morgan fingerprint density at radius 2 is 2.17 bits per heavy atom. The molecule has 0 spiro atoms. The first-order valence-electron chi connectivity index (χ1n) is 6.32. The zero-order valence-corrected chi connectivity index (χ0v) is 11.8. The molecule has 1 aliphatic carbocycles. The summed E-state index contributed by atoms with van der Waals surface area (Å²) in [5.74, 6) is 1.94. The van der Waals surface area contributed by atoms with E-state index < -0.39 is 0 Å². The average Bonchev–Trinajstić information content (AvgIpc) is 3.06. The molecule has 1 aliphatic rings. The number of hydrogen-bond donors (Lipinski definition) is 1. The Morgan fingerprint density at radius 3 is 2.78 bits per heavy atom. The Morgan fingerprint density at radius 1 is 1.44 bits per heavy atom. The Labute approximate surface area is 111 Å². The number of hydrogen-bond acceptors (Lipinski definition) is 5. The van der Waals surface area contributed by atoms with Crippen molar-refractivity contribution in [3.8, 4) is 0 Å². The Bertz CT molecular complexity index is 415. The third-order valence-electron chi connectivity index (χ3n) is 3.06. The van der Waals surface area contributed by atoms with Gasteiger partial charge in [-0.15, -0.1) is 10.2 Å². The van der Waals surface area contributed by atoms with Crippen LogP contribution in [0.15, 0.2) is 9.64 Å². The molecule has 1 aromatic rings. The van der Waals surface area contributed by atoms with Crippen LogP contribution in [0.5, 0.6) is 0 Å². The molecule has 1 aromatic heterocycles. The van der Waals surface area contributed by atoms with Crippen LogP contribution >= 0.6 is 11.8 Å². The van der Waals surface area contributed by atoms with Crippen LogP contribution in [0.4, 0.5) is 0 Å². The standard InChI is InChI=1S/C12H19N3O2S/c1-7(2)8(3)13-10(16)6-18-12-15-14-11(17-12)9-4-5-9/h7-9H,4-6H2,1-3H3,(H,13,16)/t8-/m1/s1. The van der Waals surface area contributed by atoms with Crippen molar-refractivity contribution < 1.29 is 9.21 Å². The molecule has 0 unspecified atom stereocenters. The molecule has 1 amide bonds. The van der Waals surface area contributed by atoms with Crippen LogP contribution in [0.25, 0.3) is 0 Å². The van der Waals surface area contributed by atoms with Gasteiger partial charge in [0.25, 0.3) is 5.22 Å². The van der Waals surface area contributed by atoms with Crippen molar-refractivity contribution in [2.24, 2.45) is 5.92 Å². The molecule has 0 saturated heterocycles. The van der Waals surface area contributed by atoms with Crippen LogP contribution in [0.2, 0.25) is 0 Å². The lowest BCUT2D eigenvalue weighted by Crippen LogP contribution is -2.37. The normalized spacial score (nSPS) is 16.9. The highest BCUT2D eigenvalue weighted by atomic mass is 32.2. The van der Waals surface area contributed by atoms with Crippen molar-refractivity contribution in [2.75, 3.05) is 5.75 Å². The first-order chi connectivity index (χ1) is 8.56. The molecule has 0 bridgehead atoms. The summed E-state index contributed by atoms with van der Waals surface area (Å²) in [5, 5.41) is 11.3. The molecule has 100 valence electrons. The SMILES string of the molecule is CC(C)[C@@H](C)NC(=O)CSc1nnc(C2CC2)o1. The molecule has 1 N–H and O–H groups in total. The maximum Gasteiger partial charge on any atom is 0.277 e. The third-order valence-corrected chi connectivity index (χ3v) is 3.88. The molecule has 1 fully saturated rings. The molecule has 1 atom stereocenters. The van der Waals surface area contributed by atoms with Crippen molar-refractivity contribution in [3.63, 3.8) is 0 Å². The molecular weight excluding hydrogens is 250 g/mol. The third kappa shape index (κ3) is 3.73. The summed E-state index contributed by atoms with van der Waals surface area (Å²) in [4.78, 5) is 11.7. The number of thioether (sulfide) groups is 1. The van der Waals surface area contributed by atoms with Gasteiger partial charge in [0.05, 0.1) is 5.75 Å². The van der Waals surface area contributed by atoms with Crippen LogP contribution in [-0.4, -0.2) is 27.9 Å². The van der Waals surface area contributed by atoms with Gasteiger partial charge in [0.15, 0.2) is 0 Å². The summed E-state index contributed by atoms with van der Waals surface area (Å²) in [5.41, 5.74) is 0. The maximum atomic E-state index is 11.7. The minimum absolute atomic E-state index is 0.00683. The number of aromatic nitrogens is 2. The van der Waals surface area contributed by atoms with Gasteiger partial charge in [0.2, 0.25) is 11.8 Å². The fraction of sp³-hybridized carbons (Fsp3) is 0.750. The lowest BCUT2D eigenvalue weighted by Gasteiger charge is -2.16. The fourth-order valence-corrected chi connectivity index (χ4v) is 1.94. The zero-order valence-electron chi connectivity index (χ0n) is 11.0. The van der Waals surface area contributed by atoms with Gasteiger partial charge in [-0.2, -0.15) is 0 Å². The second-order valence-electron chi connectivity index (χ2n) is 5.07. The van der Waals surface area contributed by atoms with E-state index in [2.05, 4.69) is 29.4 Å². The van der Waals surface area contributed by atoms with E-state index in [0.717, 1.165) is 12.8 Å². The Kier molecular flexibility index (Phi) is 4.27. The van der Waals surface area contributed by atoms with E-state index in [1.165, 1.54) is 11.8 Å². The molecular formula is C12H19N3O2S. The molecule has 6 heteroatoms. The van der Waals surface area contributed by atoms with Crippen LogP contribution in [-0.2, 0) is 4.79 Å².